The number of fused-ring (bicyclic) bond motifs is 1. The molecule has 8 nitrogen and oxygen atoms in total. The van der Waals surface area contributed by atoms with Crippen LogP contribution in [0.15, 0.2) is 28.7 Å². The summed E-state index contributed by atoms with van der Waals surface area (Å²) in [5.41, 5.74) is 1.46. The molecule has 0 saturated heterocycles. The molecule has 2 heterocycles. The van der Waals surface area contributed by atoms with Crippen molar-refractivity contribution in [3.63, 3.8) is 0 Å². The SMILES string of the molecule is COC(=O)c1cc(CN(C)C(=O)c2cc3cc(OC)cc(OC)c3[nH]2)oc1C. The van der Waals surface area contributed by atoms with Crippen LogP contribution in [0.25, 0.3) is 10.9 Å². The predicted octanol–water partition coefficient (Wildman–Crippen LogP) is 3.15. The number of aryl methyl sites for hydroxylation is 1. The Morgan fingerprint density at radius 1 is 1.11 bits per heavy atom. The number of nitrogens with zero attached hydrogens (tertiary/aromatic N) is 1. The molecule has 0 aliphatic heterocycles. The fourth-order valence-electron chi connectivity index (χ4n) is 3.02. The number of methoxy groups -OCH3 is 3. The second-order valence-corrected chi connectivity index (χ2v) is 6.31. The molecule has 0 atom stereocenters. The highest BCUT2D eigenvalue weighted by Gasteiger charge is 2.20. The molecule has 8 heteroatoms. The lowest BCUT2D eigenvalue weighted by atomic mass is 10.2. The van der Waals surface area contributed by atoms with E-state index in [0.717, 1.165) is 5.39 Å². The Labute approximate surface area is 162 Å². The maximum absolute atomic E-state index is 12.8. The molecule has 0 spiro atoms. The molecule has 0 unspecified atom stereocenters. The van der Waals surface area contributed by atoms with Gasteiger partial charge in [-0.3, -0.25) is 4.79 Å². The minimum absolute atomic E-state index is 0.201. The molecule has 2 aromatic heterocycles. The number of furan rings is 1. The lowest BCUT2D eigenvalue weighted by molar-refractivity contribution is 0.0598. The number of aromatic amines is 1. The third-order valence-electron chi connectivity index (χ3n) is 4.47. The number of H-pyrrole nitrogens is 1. The first kappa shape index (κ1) is 19.3. The molecule has 0 radical (unpaired) electrons. The van der Waals surface area contributed by atoms with E-state index in [-0.39, 0.29) is 12.5 Å². The number of rotatable bonds is 6. The number of benzene rings is 1. The van der Waals surface area contributed by atoms with Crippen molar-refractivity contribution in [3.05, 3.63) is 47.0 Å². The van der Waals surface area contributed by atoms with Crippen molar-refractivity contribution in [2.75, 3.05) is 28.4 Å². The van der Waals surface area contributed by atoms with E-state index < -0.39 is 5.97 Å². The summed E-state index contributed by atoms with van der Waals surface area (Å²) in [6, 6.07) is 6.90. The first-order chi connectivity index (χ1) is 13.4. The number of hydrogen-bond donors (Lipinski definition) is 1. The zero-order valence-corrected chi connectivity index (χ0v) is 16.4. The van der Waals surface area contributed by atoms with Crippen molar-refractivity contribution in [2.45, 2.75) is 13.5 Å². The molecule has 0 aliphatic rings. The van der Waals surface area contributed by atoms with E-state index in [1.165, 1.54) is 12.0 Å². The molecule has 3 rings (SSSR count). The van der Waals surface area contributed by atoms with Crippen LogP contribution in [0.2, 0.25) is 0 Å². The fraction of sp³-hybridized carbons (Fsp3) is 0.300. The van der Waals surface area contributed by atoms with E-state index in [1.54, 1.807) is 46.4 Å². The van der Waals surface area contributed by atoms with Crippen molar-refractivity contribution in [2.24, 2.45) is 0 Å². The van der Waals surface area contributed by atoms with Crippen molar-refractivity contribution in [1.29, 1.82) is 0 Å². The van der Waals surface area contributed by atoms with Crippen LogP contribution in [-0.4, -0.2) is 50.1 Å². The maximum Gasteiger partial charge on any atom is 0.341 e. The van der Waals surface area contributed by atoms with Gasteiger partial charge in [0.1, 0.15) is 34.3 Å². The van der Waals surface area contributed by atoms with Gasteiger partial charge in [0.05, 0.1) is 33.4 Å². The molecule has 0 saturated carbocycles. The third-order valence-corrected chi connectivity index (χ3v) is 4.47. The van der Waals surface area contributed by atoms with Crippen LogP contribution < -0.4 is 9.47 Å². The average Bonchev–Trinajstić information content (AvgIpc) is 3.28. The third kappa shape index (κ3) is 3.53. The highest BCUT2D eigenvalue weighted by Crippen LogP contribution is 2.31. The number of aromatic nitrogens is 1. The highest BCUT2D eigenvalue weighted by atomic mass is 16.5. The summed E-state index contributed by atoms with van der Waals surface area (Å²) in [4.78, 5) is 29.1. The van der Waals surface area contributed by atoms with Crippen LogP contribution in [0.1, 0.15) is 32.4 Å². The van der Waals surface area contributed by atoms with Gasteiger partial charge in [0.25, 0.3) is 5.91 Å². The Hall–Kier alpha value is -3.42. The Bertz CT molecular complexity index is 1030. The summed E-state index contributed by atoms with van der Waals surface area (Å²) in [5.74, 6) is 1.45. The summed E-state index contributed by atoms with van der Waals surface area (Å²) in [6.45, 7) is 1.88. The number of carbonyl (C=O) groups is 2. The van der Waals surface area contributed by atoms with Gasteiger partial charge in [0, 0.05) is 18.5 Å². The summed E-state index contributed by atoms with van der Waals surface area (Å²) in [6.07, 6.45) is 0. The lowest BCUT2D eigenvalue weighted by Gasteiger charge is -2.14. The van der Waals surface area contributed by atoms with Gasteiger partial charge in [-0.1, -0.05) is 0 Å². The second-order valence-electron chi connectivity index (χ2n) is 6.31. The molecular formula is C20H22N2O6. The number of carbonyl (C=O) groups excluding carboxylic acids is 2. The predicted molar refractivity (Wildman–Crippen MR) is 102 cm³/mol. The molecule has 0 aliphatic carbocycles. The van der Waals surface area contributed by atoms with Crippen molar-refractivity contribution in [1.82, 2.24) is 9.88 Å². The molecule has 148 valence electrons. The van der Waals surface area contributed by atoms with Gasteiger partial charge in [0.15, 0.2) is 0 Å². The van der Waals surface area contributed by atoms with Crippen LogP contribution >= 0.6 is 0 Å². The second kappa shape index (κ2) is 7.67. The zero-order valence-electron chi connectivity index (χ0n) is 16.4. The number of hydrogen-bond acceptors (Lipinski definition) is 6. The lowest BCUT2D eigenvalue weighted by Crippen LogP contribution is -2.26. The van der Waals surface area contributed by atoms with Crippen LogP contribution in [0.5, 0.6) is 11.5 Å². The van der Waals surface area contributed by atoms with Crippen molar-refractivity contribution >= 4 is 22.8 Å². The molecule has 0 bridgehead atoms. The Kier molecular flexibility index (Phi) is 5.30. The van der Waals surface area contributed by atoms with E-state index in [2.05, 4.69) is 4.98 Å². The van der Waals surface area contributed by atoms with Gasteiger partial charge in [0.2, 0.25) is 0 Å². The number of amides is 1. The minimum atomic E-state index is -0.474. The van der Waals surface area contributed by atoms with Crippen LogP contribution in [0.4, 0.5) is 0 Å². The normalized spacial score (nSPS) is 10.8. The first-order valence-electron chi connectivity index (χ1n) is 8.55. The number of nitrogens with one attached hydrogen (secondary N) is 1. The van der Waals surface area contributed by atoms with Gasteiger partial charge in [-0.05, 0) is 25.1 Å². The fourth-order valence-corrected chi connectivity index (χ4v) is 3.02. The van der Waals surface area contributed by atoms with E-state index in [9.17, 15) is 9.59 Å². The van der Waals surface area contributed by atoms with Gasteiger partial charge < -0.3 is 28.5 Å². The topological polar surface area (TPSA) is 94.0 Å². The Morgan fingerprint density at radius 3 is 2.50 bits per heavy atom. The van der Waals surface area contributed by atoms with Crippen molar-refractivity contribution in [3.8, 4) is 11.5 Å². The maximum atomic E-state index is 12.8. The van der Waals surface area contributed by atoms with Gasteiger partial charge in [-0.15, -0.1) is 0 Å². The summed E-state index contributed by atoms with van der Waals surface area (Å²) >= 11 is 0. The van der Waals surface area contributed by atoms with E-state index in [1.807, 2.05) is 6.07 Å². The monoisotopic (exact) mass is 386 g/mol. The Balaban J connectivity index is 1.84. The molecule has 1 N–H and O–H groups in total. The Morgan fingerprint density at radius 2 is 1.86 bits per heavy atom. The summed E-state index contributed by atoms with van der Waals surface area (Å²) in [5, 5.41) is 0.801. The largest absolute Gasteiger partial charge is 0.497 e. The summed E-state index contributed by atoms with van der Waals surface area (Å²) in [7, 11) is 6.09. The molecule has 0 fully saturated rings. The molecule has 3 aromatic rings. The first-order valence-corrected chi connectivity index (χ1v) is 8.55. The zero-order chi connectivity index (χ0) is 20.4. The average molecular weight is 386 g/mol. The molecular weight excluding hydrogens is 364 g/mol. The minimum Gasteiger partial charge on any atom is -0.497 e. The highest BCUT2D eigenvalue weighted by molar-refractivity contribution is 5.99. The van der Waals surface area contributed by atoms with E-state index in [4.69, 9.17) is 18.6 Å². The molecule has 1 amide bonds. The molecule has 28 heavy (non-hydrogen) atoms. The number of ether oxygens (including phenoxy) is 3. The summed E-state index contributed by atoms with van der Waals surface area (Å²) < 4.78 is 20.9. The van der Waals surface area contributed by atoms with Gasteiger partial charge >= 0.3 is 5.97 Å². The van der Waals surface area contributed by atoms with Crippen LogP contribution in [0, 0.1) is 6.92 Å². The quantitative estimate of drug-likeness (QED) is 0.654. The van der Waals surface area contributed by atoms with Crippen LogP contribution in [0.3, 0.4) is 0 Å². The van der Waals surface area contributed by atoms with Crippen molar-refractivity contribution < 1.29 is 28.2 Å². The standard InChI is InChI=1S/C20H22N2O6/c1-11-15(20(24)27-5)8-14(28-11)10-22(2)19(23)16-7-12-6-13(25-3)9-17(26-4)18(12)21-16/h6-9,21H,10H2,1-5H3. The molecule has 1 aromatic carbocycles. The van der Waals surface area contributed by atoms with Gasteiger partial charge in [-0.25, -0.2) is 4.79 Å². The van der Waals surface area contributed by atoms with Gasteiger partial charge in [-0.2, -0.15) is 0 Å². The van der Waals surface area contributed by atoms with E-state index >= 15 is 0 Å². The smallest absolute Gasteiger partial charge is 0.341 e. The number of esters is 1. The van der Waals surface area contributed by atoms with E-state index in [0.29, 0.717) is 39.8 Å². The van der Waals surface area contributed by atoms with Crippen LogP contribution in [-0.2, 0) is 11.3 Å².